The van der Waals surface area contributed by atoms with Gasteiger partial charge in [0.15, 0.2) is 0 Å². The van der Waals surface area contributed by atoms with Crippen LogP contribution in [0.3, 0.4) is 0 Å². The Morgan fingerprint density at radius 3 is 2.00 bits per heavy atom. The molecule has 0 saturated heterocycles. The molecule has 1 nitrogen and oxygen atoms in total. The largest absolute Gasteiger partial charge is 0.261 e. The molecule has 0 aliphatic heterocycles. The Kier molecular flexibility index (Phi) is 3.30. The second-order valence-electron chi connectivity index (χ2n) is 4.81. The van der Waals surface area contributed by atoms with Crippen molar-refractivity contribution in [1.29, 1.82) is 0 Å². The number of hydrogen-bond acceptors (Lipinski definition) is 1. The Bertz CT molecular complexity index is 267. The second-order valence-corrected chi connectivity index (χ2v) is 4.81. The van der Waals surface area contributed by atoms with Gasteiger partial charge < -0.3 is 0 Å². The third-order valence-corrected chi connectivity index (χ3v) is 3.62. The SMILES string of the molecule is CC(C)C(C)(c1ccccn1)C(C)C. The van der Waals surface area contributed by atoms with Crippen LogP contribution in [0.5, 0.6) is 0 Å². The van der Waals surface area contributed by atoms with Crippen LogP contribution >= 0.6 is 0 Å². The molecular weight excluding hydrogens is 170 g/mol. The number of nitrogens with zero attached hydrogens (tertiary/aromatic N) is 1. The van der Waals surface area contributed by atoms with Gasteiger partial charge in [-0.2, -0.15) is 0 Å². The smallest absolute Gasteiger partial charge is 0.0467 e. The van der Waals surface area contributed by atoms with Crippen molar-refractivity contribution in [3.05, 3.63) is 30.1 Å². The van der Waals surface area contributed by atoms with Gasteiger partial charge in [0.2, 0.25) is 0 Å². The topological polar surface area (TPSA) is 12.9 Å². The highest BCUT2D eigenvalue weighted by Crippen LogP contribution is 2.37. The summed E-state index contributed by atoms with van der Waals surface area (Å²) >= 11 is 0. The molecule has 0 aromatic carbocycles. The standard InChI is InChI=1S/C13H21N/c1-10(2)13(5,11(3)4)12-8-6-7-9-14-12/h6-11H,1-5H3. The third kappa shape index (κ3) is 1.82. The summed E-state index contributed by atoms with van der Waals surface area (Å²) in [6.45, 7) is 11.4. The fourth-order valence-corrected chi connectivity index (χ4v) is 1.94. The minimum absolute atomic E-state index is 0.182. The van der Waals surface area contributed by atoms with E-state index in [0.29, 0.717) is 11.8 Å². The summed E-state index contributed by atoms with van der Waals surface area (Å²) in [5.74, 6) is 1.22. The number of pyridine rings is 1. The van der Waals surface area contributed by atoms with E-state index in [0.717, 1.165) is 0 Å². The van der Waals surface area contributed by atoms with Crippen molar-refractivity contribution in [2.75, 3.05) is 0 Å². The predicted molar refractivity (Wildman–Crippen MR) is 61.3 cm³/mol. The van der Waals surface area contributed by atoms with Crippen molar-refractivity contribution >= 4 is 0 Å². The number of rotatable bonds is 3. The first-order chi connectivity index (χ1) is 6.49. The second kappa shape index (κ2) is 4.12. The van der Waals surface area contributed by atoms with Gasteiger partial charge in [-0.05, 0) is 24.0 Å². The first-order valence-corrected chi connectivity index (χ1v) is 5.41. The fraction of sp³-hybridized carbons (Fsp3) is 0.615. The van der Waals surface area contributed by atoms with Crippen molar-refractivity contribution in [2.24, 2.45) is 11.8 Å². The minimum atomic E-state index is 0.182. The Morgan fingerprint density at radius 1 is 1.07 bits per heavy atom. The van der Waals surface area contributed by atoms with Crippen LogP contribution in [-0.4, -0.2) is 4.98 Å². The summed E-state index contributed by atoms with van der Waals surface area (Å²) in [6.07, 6.45) is 1.89. The molecule has 0 unspecified atom stereocenters. The van der Waals surface area contributed by atoms with Crippen molar-refractivity contribution < 1.29 is 0 Å². The lowest BCUT2D eigenvalue weighted by molar-refractivity contribution is 0.238. The van der Waals surface area contributed by atoms with Crippen LogP contribution in [0.2, 0.25) is 0 Å². The fourth-order valence-electron chi connectivity index (χ4n) is 1.94. The molecular formula is C13H21N. The van der Waals surface area contributed by atoms with Crippen molar-refractivity contribution in [3.8, 4) is 0 Å². The van der Waals surface area contributed by atoms with E-state index in [4.69, 9.17) is 0 Å². The molecule has 0 spiro atoms. The molecule has 1 heteroatoms. The van der Waals surface area contributed by atoms with Crippen molar-refractivity contribution in [2.45, 2.75) is 40.0 Å². The van der Waals surface area contributed by atoms with E-state index in [2.05, 4.69) is 51.7 Å². The Labute approximate surface area is 87.6 Å². The molecule has 14 heavy (non-hydrogen) atoms. The monoisotopic (exact) mass is 191 g/mol. The van der Waals surface area contributed by atoms with Gasteiger partial charge in [-0.15, -0.1) is 0 Å². The van der Waals surface area contributed by atoms with Crippen LogP contribution in [0.1, 0.15) is 40.3 Å². The summed E-state index contributed by atoms with van der Waals surface area (Å²) in [7, 11) is 0. The molecule has 0 N–H and O–H groups in total. The van der Waals surface area contributed by atoms with Gasteiger partial charge in [0, 0.05) is 17.3 Å². The lowest BCUT2D eigenvalue weighted by Gasteiger charge is -2.37. The van der Waals surface area contributed by atoms with Crippen LogP contribution in [0.4, 0.5) is 0 Å². The van der Waals surface area contributed by atoms with Gasteiger partial charge in [0.05, 0.1) is 0 Å². The maximum absolute atomic E-state index is 4.49. The lowest BCUT2D eigenvalue weighted by atomic mass is 9.68. The molecule has 1 rings (SSSR count). The molecule has 0 amide bonds. The zero-order valence-corrected chi connectivity index (χ0v) is 9.91. The normalized spacial score (nSPS) is 12.5. The van der Waals surface area contributed by atoms with E-state index in [-0.39, 0.29) is 5.41 Å². The third-order valence-electron chi connectivity index (χ3n) is 3.62. The molecule has 1 aromatic heterocycles. The Hall–Kier alpha value is -0.850. The molecule has 1 aromatic rings. The molecule has 0 aliphatic rings. The molecule has 0 atom stereocenters. The van der Waals surface area contributed by atoms with E-state index in [1.807, 2.05) is 12.3 Å². The molecule has 0 aliphatic carbocycles. The average Bonchev–Trinajstić information content (AvgIpc) is 2.17. The quantitative estimate of drug-likeness (QED) is 0.710. The number of aromatic nitrogens is 1. The van der Waals surface area contributed by atoms with Crippen LogP contribution < -0.4 is 0 Å². The van der Waals surface area contributed by atoms with E-state index >= 15 is 0 Å². The molecule has 0 saturated carbocycles. The van der Waals surface area contributed by atoms with E-state index < -0.39 is 0 Å². The van der Waals surface area contributed by atoms with Gasteiger partial charge >= 0.3 is 0 Å². The molecule has 0 fully saturated rings. The van der Waals surface area contributed by atoms with Crippen LogP contribution in [0.25, 0.3) is 0 Å². The lowest BCUT2D eigenvalue weighted by Crippen LogP contribution is -2.35. The van der Waals surface area contributed by atoms with Crippen LogP contribution in [0, 0.1) is 11.8 Å². The van der Waals surface area contributed by atoms with Crippen LogP contribution in [-0.2, 0) is 5.41 Å². The van der Waals surface area contributed by atoms with Crippen molar-refractivity contribution in [1.82, 2.24) is 4.98 Å². The van der Waals surface area contributed by atoms with Gasteiger partial charge in [-0.3, -0.25) is 4.98 Å². The average molecular weight is 191 g/mol. The molecule has 1 heterocycles. The molecule has 0 bridgehead atoms. The summed E-state index contributed by atoms with van der Waals surface area (Å²) in [6, 6.07) is 6.19. The van der Waals surface area contributed by atoms with E-state index in [1.165, 1.54) is 5.69 Å². The number of hydrogen-bond donors (Lipinski definition) is 0. The first-order valence-electron chi connectivity index (χ1n) is 5.41. The molecule has 0 radical (unpaired) electrons. The first kappa shape index (κ1) is 11.2. The molecule has 78 valence electrons. The summed E-state index contributed by atoms with van der Waals surface area (Å²) < 4.78 is 0. The summed E-state index contributed by atoms with van der Waals surface area (Å²) in [5.41, 5.74) is 1.39. The Balaban J connectivity index is 3.13. The highest BCUT2D eigenvalue weighted by atomic mass is 14.7. The van der Waals surface area contributed by atoms with Gasteiger partial charge in [0.25, 0.3) is 0 Å². The maximum Gasteiger partial charge on any atom is 0.0467 e. The van der Waals surface area contributed by atoms with E-state index in [1.54, 1.807) is 0 Å². The zero-order chi connectivity index (χ0) is 10.8. The Morgan fingerprint density at radius 2 is 1.64 bits per heavy atom. The van der Waals surface area contributed by atoms with E-state index in [9.17, 15) is 0 Å². The summed E-state index contributed by atoms with van der Waals surface area (Å²) in [5, 5.41) is 0. The highest BCUT2D eigenvalue weighted by Gasteiger charge is 2.34. The zero-order valence-electron chi connectivity index (χ0n) is 9.91. The van der Waals surface area contributed by atoms with Gasteiger partial charge in [-0.1, -0.05) is 40.7 Å². The van der Waals surface area contributed by atoms with Gasteiger partial charge in [-0.25, -0.2) is 0 Å². The minimum Gasteiger partial charge on any atom is -0.261 e. The summed E-state index contributed by atoms with van der Waals surface area (Å²) in [4.78, 5) is 4.49. The highest BCUT2D eigenvalue weighted by molar-refractivity contribution is 5.17. The predicted octanol–water partition coefficient (Wildman–Crippen LogP) is 3.65. The van der Waals surface area contributed by atoms with Crippen LogP contribution in [0.15, 0.2) is 24.4 Å². The van der Waals surface area contributed by atoms with Gasteiger partial charge in [0.1, 0.15) is 0 Å². The van der Waals surface area contributed by atoms with Crippen molar-refractivity contribution in [3.63, 3.8) is 0 Å². The maximum atomic E-state index is 4.49.